The average Bonchev–Trinajstić information content (AvgIpc) is 2.44. The average molecular weight is 373 g/mol. The van der Waals surface area contributed by atoms with Crippen LogP contribution >= 0.6 is 27.5 Å². The highest BCUT2D eigenvalue weighted by atomic mass is 79.9. The summed E-state index contributed by atoms with van der Waals surface area (Å²) in [5.74, 6) is 0.383. The molecule has 112 valence electrons. The van der Waals surface area contributed by atoms with E-state index >= 15 is 0 Å². The van der Waals surface area contributed by atoms with Gasteiger partial charge >= 0.3 is 0 Å². The third-order valence-electron chi connectivity index (χ3n) is 2.88. The number of ether oxygens (including phenoxy) is 1. The van der Waals surface area contributed by atoms with Crippen LogP contribution in [0.1, 0.15) is 18.9 Å². The van der Waals surface area contributed by atoms with Gasteiger partial charge in [-0.15, -0.1) is 0 Å². The minimum atomic E-state index is -0.410. The third kappa shape index (κ3) is 4.70. The summed E-state index contributed by atoms with van der Waals surface area (Å²) in [6.07, 6.45) is 1.04. The molecule has 0 heterocycles. The lowest BCUT2D eigenvalue weighted by atomic mass is 10.2. The van der Waals surface area contributed by atoms with Crippen molar-refractivity contribution in [1.29, 1.82) is 0 Å². The Bertz CT molecular complexity index is 621. The fourth-order valence-corrected chi connectivity index (χ4v) is 2.39. The van der Waals surface area contributed by atoms with Gasteiger partial charge in [0.05, 0.1) is 0 Å². The van der Waals surface area contributed by atoms with Crippen molar-refractivity contribution in [2.75, 3.05) is 6.54 Å². The maximum atomic E-state index is 13.9. The van der Waals surface area contributed by atoms with Crippen molar-refractivity contribution in [3.05, 3.63) is 57.3 Å². The molecule has 0 bridgehead atoms. The molecule has 0 saturated carbocycles. The normalized spacial score (nSPS) is 10.7. The fraction of sp³-hybridized carbons (Fsp3) is 0.250. The quantitative estimate of drug-likeness (QED) is 0.673. The topological polar surface area (TPSA) is 21.3 Å². The largest absolute Gasteiger partial charge is 0.454 e. The molecule has 0 saturated heterocycles. The Morgan fingerprint density at radius 1 is 1.19 bits per heavy atom. The molecule has 2 rings (SSSR count). The van der Waals surface area contributed by atoms with Crippen LogP contribution in [0.2, 0.25) is 5.02 Å². The Morgan fingerprint density at radius 3 is 2.67 bits per heavy atom. The zero-order valence-corrected chi connectivity index (χ0v) is 14.0. The van der Waals surface area contributed by atoms with Gasteiger partial charge in [-0.3, -0.25) is 0 Å². The van der Waals surface area contributed by atoms with Crippen LogP contribution in [0.3, 0.4) is 0 Å². The van der Waals surface area contributed by atoms with Gasteiger partial charge in [-0.2, -0.15) is 0 Å². The molecule has 0 amide bonds. The molecule has 0 unspecified atom stereocenters. The summed E-state index contributed by atoms with van der Waals surface area (Å²) in [4.78, 5) is 0. The molecule has 0 aromatic heterocycles. The number of benzene rings is 2. The first kappa shape index (κ1) is 16.3. The van der Waals surface area contributed by atoms with Crippen molar-refractivity contribution >= 4 is 27.5 Å². The van der Waals surface area contributed by atoms with Gasteiger partial charge in [-0.25, -0.2) is 4.39 Å². The van der Waals surface area contributed by atoms with Crippen molar-refractivity contribution < 1.29 is 9.13 Å². The van der Waals surface area contributed by atoms with E-state index in [0.717, 1.165) is 18.5 Å². The van der Waals surface area contributed by atoms with E-state index in [1.54, 1.807) is 24.3 Å². The lowest BCUT2D eigenvalue weighted by Gasteiger charge is -2.13. The molecule has 21 heavy (non-hydrogen) atoms. The number of nitrogens with one attached hydrogen (secondary N) is 1. The number of rotatable bonds is 6. The van der Waals surface area contributed by atoms with Crippen molar-refractivity contribution in [2.45, 2.75) is 19.9 Å². The summed E-state index contributed by atoms with van der Waals surface area (Å²) in [5.41, 5.74) is 0.901. The van der Waals surface area contributed by atoms with E-state index in [-0.39, 0.29) is 5.75 Å². The van der Waals surface area contributed by atoms with E-state index in [9.17, 15) is 4.39 Å². The maximum Gasteiger partial charge on any atom is 0.166 e. The van der Waals surface area contributed by atoms with E-state index < -0.39 is 5.82 Å². The summed E-state index contributed by atoms with van der Waals surface area (Å²) < 4.78 is 20.2. The van der Waals surface area contributed by atoms with Crippen LogP contribution in [-0.4, -0.2) is 6.54 Å². The van der Waals surface area contributed by atoms with Crippen LogP contribution in [0.4, 0.5) is 4.39 Å². The lowest BCUT2D eigenvalue weighted by Crippen LogP contribution is -2.14. The monoisotopic (exact) mass is 371 g/mol. The van der Waals surface area contributed by atoms with Gasteiger partial charge in [0.2, 0.25) is 0 Å². The molecule has 0 aliphatic rings. The van der Waals surface area contributed by atoms with Crippen molar-refractivity contribution in [3.8, 4) is 11.5 Å². The molecular formula is C16H16BrClFNO. The van der Waals surface area contributed by atoms with Crippen LogP contribution in [-0.2, 0) is 6.54 Å². The summed E-state index contributed by atoms with van der Waals surface area (Å²) in [5, 5.41) is 3.92. The van der Waals surface area contributed by atoms with Gasteiger partial charge < -0.3 is 10.1 Å². The van der Waals surface area contributed by atoms with E-state index in [4.69, 9.17) is 16.3 Å². The van der Waals surface area contributed by atoms with Crippen LogP contribution in [0, 0.1) is 5.82 Å². The van der Waals surface area contributed by atoms with Gasteiger partial charge in [0.1, 0.15) is 5.75 Å². The molecule has 0 spiro atoms. The Labute approximate surface area is 137 Å². The van der Waals surface area contributed by atoms with Gasteiger partial charge in [0.15, 0.2) is 11.6 Å². The highest BCUT2D eigenvalue weighted by Crippen LogP contribution is 2.30. The molecule has 0 atom stereocenters. The Morgan fingerprint density at radius 2 is 1.95 bits per heavy atom. The highest BCUT2D eigenvalue weighted by Gasteiger charge is 2.09. The predicted molar refractivity (Wildman–Crippen MR) is 87.6 cm³/mol. The van der Waals surface area contributed by atoms with Crippen molar-refractivity contribution in [3.63, 3.8) is 0 Å². The van der Waals surface area contributed by atoms with Crippen molar-refractivity contribution in [2.24, 2.45) is 0 Å². The Balaban J connectivity index is 2.22. The van der Waals surface area contributed by atoms with Gasteiger partial charge in [0, 0.05) is 21.6 Å². The second-order valence-corrected chi connectivity index (χ2v) is 5.96. The van der Waals surface area contributed by atoms with Gasteiger partial charge in [0.25, 0.3) is 0 Å². The third-order valence-corrected chi connectivity index (χ3v) is 3.61. The molecule has 2 nitrogen and oxygen atoms in total. The summed E-state index contributed by atoms with van der Waals surface area (Å²) in [6.45, 7) is 3.63. The van der Waals surface area contributed by atoms with E-state index in [1.165, 1.54) is 6.07 Å². The second kappa shape index (κ2) is 7.78. The molecule has 0 aliphatic carbocycles. The fourth-order valence-electron chi connectivity index (χ4n) is 1.86. The van der Waals surface area contributed by atoms with Crippen molar-refractivity contribution in [1.82, 2.24) is 5.32 Å². The van der Waals surface area contributed by atoms with Crippen LogP contribution in [0.5, 0.6) is 11.5 Å². The van der Waals surface area contributed by atoms with Crippen LogP contribution in [0.25, 0.3) is 0 Å². The molecule has 0 aliphatic heterocycles. The lowest BCUT2D eigenvalue weighted by molar-refractivity contribution is 0.435. The highest BCUT2D eigenvalue weighted by molar-refractivity contribution is 9.10. The Kier molecular flexibility index (Phi) is 6.03. The zero-order valence-electron chi connectivity index (χ0n) is 11.6. The molecular weight excluding hydrogens is 357 g/mol. The SMILES string of the molecule is CCCNCc1cc(Cl)ccc1Oc1ccc(Br)cc1F. The smallest absolute Gasteiger partial charge is 0.166 e. The maximum absolute atomic E-state index is 13.9. The second-order valence-electron chi connectivity index (χ2n) is 4.61. The molecule has 1 N–H and O–H groups in total. The summed E-state index contributed by atoms with van der Waals surface area (Å²) in [7, 11) is 0. The number of halogens is 3. The number of hydrogen-bond donors (Lipinski definition) is 1. The van der Waals surface area contributed by atoms with Gasteiger partial charge in [-0.05, 0) is 49.4 Å². The summed E-state index contributed by atoms with van der Waals surface area (Å²) in [6, 6.07) is 10.0. The Hall–Kier alpha value is -1.10. The summed E-state index contributed by atoms with van der Waals surface area (Å²) >= 11 is 9.25. The van der Waals surface area contributed by atoms with E-state index in [1.807, 2.05) is 6.07 Å². The van der Waals surface area contributed by atoms with E-state index in [0.29, 0.717) is 21.8 Å². The first-order valence-electron chi connectivity index (χ1n) is 6.72. The molecule has 2 aromatic carbocycles. The van der Waals surface area contributed by atoms with Gasteiger partial charge in [-0.1, -0.05) is 34.5 Å². The van der Waals surface area contributed by atoms with Crippen LogP contribution in [0.15, 0.2) is 40.9 Å². The first-order chi connectivity index (χ1) is 10.1. The molecule has 2 aromatic rings. The zero-order chi connectivity index (χ0) is 15.2. The molecule has 0 fully saturated rings. The van der Waals surface area contributed by atoms with Crippen LogP contribution < -0.4 is 10.1 Å². The minimum absolute atomic E-state index is 0.192. The molecule has 5 heteroatoms. The molecule has 0 radical (unpaired) electrons. The first-order valence-corrected chi connectivity index (χ1v) is 7.89. The number of hydrogen-bond acceptors (Lipinski definition) is 2. The van der Waals surface area contributed by atoms with E-state index in [2.05, 4.69) is 28.2 Å². The standard InChI is InChI=1S/C16H16BrClFNO/c1-2-7-20-10-11-8-13(18)4-6-15(11)21-16-5-3-12(17)9-14(16)19/h3-6,8-9,20H,2,7,10H2,1H3. The minimum Gasteiger partial charge on any atom is -0.454 e. The predicted octanol–water partition coefficient (Wildman–Crippen LogP) is 5.53.